The third-order valence-corrected chi connectivity index (χ3v) is 10.2. The summed E-state index contributed by atoms with van der Waals surface area (Å²) in [6.07, 6.45) is 45.2. The number of carbonyl (C=O) groups excluding carboxylic acids is 1. The number of hydrogen-bond acceptors (Lipinski definition) is 7. The van der Waals surface area contributed by atoms with Crippen molar-refractivity contribution < 1.29 is 42.4 Å². The molecule has 0 fully saturated rings. The zero-order valence-corrected chi connectivity index (χ0v) is 37.4. The predicted molar refractivity (Wildman–Crippen MR) is 234 cm³/mol. The molecule has 0 saturated heterocycles. The Morgan fingerprint density at radius 2 is 1.21 bits per heavy atom. The molecule has 0 bridgehead atoms. The average Bonchev–Trinajstić information content (AvgIpc) is 3.14. The van der Waals surface area contributed by atoms with E-state index in [0.29, 0.717) is 30.3 Å². The summed E-state index contributed by atoms with van der Waals surface area (Å²) in [4.78, 5) is 22.8. The lowest BCUT2D eigenvalue weighted by Gasteiger charge is -2.24. The Balaban J connectivity index is 4.48. The molecule has 0 aliphatic carbocycles. The highest BCUT2D eigenvalue weighted by molar-refractivity contribution is 7.47. The Labute approximate surface area is 343 Å². The fourth-order valence-corrected chi connectivity index (χ4v) is 6.45. The van der Waals surface area contributed by atoms with Gasteiger partial charge in [-0.3, -0.25) is 13.8 Å². The number of rotatable bonds is 40. The van der Waals surface area contributed by atoms with Crippen LogP contribution in [0.3, 0.4) is 0 Å². The Hall–Kier alpha value is -2.00. The van der Waals surface area contributed by atoms with E-state index in [-0.39, 0.29) is 26.2 Å². The van der Waals surface area contributed by atoms with Crippen molar-refractivity contribution in [2.24, 2.45) is 0 Å². The van der Waals surface area contributed by atoms with Gasteiger partial charge in [0.2, 0.25) is 0 Å². The maximum atomic E-state index is 12.7. The number of phosphoric ester groups is 1. The van der Waals surface area contributed by atoms with Crippen molar-refractivity contribution in [3.8, 4) is 0 Å². The molecule has 3 atom stereocenters. The van der Waals surface area contributed by atoms with Crippen LogP contribution in [0.4, 0.5) is 0 Å². The van der Waals surface area contributed by atoms with Crippen molar-refractivity contribution in [3.63, 3.8) is 0 Å². The monoisotopic (exact) mass is 811 g/mol. The van der Waals surface area contributed by atoms with Crippen molar-refractivity contribution in [2.45, 2.75) is 180 Å². The molecule has 9 nitrogen and oxygen atoms in total. The molecule has 0 aromatic carbocycles. The van der Waals surface area contributed by atoms with Crippen LogP contribution in [0.2, 0.25) is 0 Å². The van der Waals surface area contributed by atoms with Crippen LogP contribution in [0, 0.1) is 0 Å². The Kier molecular flexibility index (Phi) is 37.1. The van der Waals surface area contributed by atoms with Crippen LogP contribution in [0.5, 0.6) is 0 Å². The van der Waals surface area contributed by atoms with Crippen molar-refractivity contribution in [2.75, 3.05) is 47.5 Å². The fourth-order valence-electron chi connectivity index (χ4n) is 5.71. The normalized spacial score (nSPS) is 14.8. The smallest absolute Gasteiger partial charge is 0.472 e. The lowest BCUT2D eigenvalue weighted by Crippen LogP contribution is -2.37. The van der Waals surface area contributed by atoms with E-state index in [9.17, 15) is 19.4 Å². The Morgan fingerprint density at radius 1 is 0.661 bits per heavy atom. The Morgan fingerprint density at radius 3 is 1.86 bits per heavy atom. The first-order valence-corrected chi connectivity index (χ1v) is 23.7. The van der Waals surface area contributed by atoms with Crippen LogP contribution in [0.25, 0.3) is 0 Å². The molecule has 0 radical (unpaired) electrons. The summed E-state index contributed by atoms with van der Waals surface area (Å²) in [7, 11) is 1.54. The van der Waals surface area contributed by atoms with Gasteiger partial charge in [-0.05, 0) is 57.4 Å². The number of likely N-dealkylation sites (N-methyl/N-ethyl adjacent to an activating group) is 1. The first-order chi connectivity index (χ1) is 27.0. The van der Waals surface area contributed by atoms with Gasteiger partial charge in [-0.15, -0.1) is 0 Å². The maximum Gasteiger partial charge on any atom is 0.472 e. The van der Waals surface area contributed by atoms with E-state index in [1.807, 2.05) is 51.5 Å². The van der Waals surface area contributed by atoms with Crippen molar-refractivity contribution >= 4 is 13.8 Å². The first kappa shape index (κ1) is 54.0. The van der Waals surface area contributed by atoms with Crippen LogP contribution in [-0.4, -0.2) is 80.2 Å². The van der Waals surface area contributed by atoms with E-state index in [2.05, 4.69) is 32.1 Å². The van der Waals surface area contributed by atoms with Crippen molar-refractivity contribution in [3.05, 3.63) is 60.9 Å². The van der Waals surface area contributed by atoms with E-state index >= 15 is 0 Å². The zero-order chi connectivity index (χ0) is 41.4. The summed E-state index contributed by atoms with van der Waals surface area (Å²) >= 11 is 0. The van der Waals surface area contributed by atoms with Crippen molar-refractivity contribution in [1.29, 1.82) is 0 Å². The lowest BCUT2D eigenvalue weighted by atomic mass is 10.0. The standard InChI is InChI=1S/C46H84NO8P/c1-6-8-10-12-14-16-17-18-19-20-21-22-24-26-31-35-40-52-42-45(43-54-56(50,51)53-41-39-47(3,4)5)55-46(49)38-34-30-27-29-33-37-44(48)36-32-28-25-23-15-13-11-9-7-2/h15,23,27-29,32-33,35,37,40,44-45,48H,6-14,16-22,24-26,30-31,34,36,38-39,41-43H2,1-5H3/p+1/b23-15-,29-27+,32-28-,37-33-,40-35+/t44?,45-/m1/s1. The third-order valence-electron chi connectivity index (χ3n) is 9.23. The van der Waals surface area contributed by atoms with Gasteiger partial charge < -0.3 is 24.0 Å². The number of hydrogen-bond donors (Lipinski definition) is 2. The van der Waals surface area contributed by atoms with Crippen molar-refractivity contribution in [1.82, 2.24) is 0 Å². The molecular weight excluding hydrogens is 725 g/mol. The van der Waals surface area contributed by atoms with Gasteiger partial charge in [-0.1, -0.05) is 159 Å². The summed E-state index contributed by atoms with van der Waals surface area (Å²) in [5.74, 6) is -0.436. The van der Waals surface area contributed by atoms with Gasteiger partial charge in [0.15, 0.2) is 6.10 Å². The second kappa shape index (κ2) is 38.5. The number of allylic oxidation sites excluding steroid dienone is 7. The number of quaternary nitrogens is 1. The average molecular weight is 811 g/mol. The minimum atomic E-state index is -4.33. The SMILES string of the molecule is CCCCC/C=C\C/C=C\CC(O)/C=C\C=C\CCCC(=O)O[C@H](CO/C=C/CCCCCCCCCCCCCCCC)COP(=O)(O)OCC[N+](C)(C)C. The summed E-state index contributed by atoms with van der Waals surface area (Å²) in [5, 5.41) is 10.2. The maximum absolute atomic E-state index is 12.7. The number of esters is 1. The highest BCUT2D eigenvalue weighted by Gasteiger charge is 2.26. The predicted octanol–water partition coefficient (Wildman–Crippen LogP) is 12.3. The Bertz CT molecular complexity index is 1100. The van der Waals surface area contributed by atoms with Gasteiger partial charge in [-0.2, -0.15) is 0 Å². The molecule has 0 aliphatic rings. The quantitative estimate of drug-likeness (QED) is 0.0120. The molecule has 0 saturated carbocycles. The van der Waals surface area contributed by atoms with Gasteiger partial charge in [0.25, 0.3) is 0 Å². The molecular formula is C46H85NO8P+. The topological polar surface area (TPSA) is 112 Å². The first-order valence-electron chi connectivity index (χ1n) is 22.2. The van der Waals surface area contributed by atoms with Gasteiger partial charge in [0.05, 0.1) is 40.1 Å². The molecule has 0 amide bonds. The van der Waals surface area contributed by atoms with Crippen LogP contribution in [-0.2, 0) is 27.9 Å². The van der Waals surface area contributed by atoms with Crippen LogP contribution < -0.4 is 0 Å². The molecule has 0 spiro atoms. The molecule has 0 aromatic rings. The number of unbranched alkanes of at least 4 members (excludes halogenated alkanes) is 18. The number of ether oxygens (including phenoxy) is 2. The molecule has 2 unspecified atom stereocenters. The lowest BCUT2D eigenvalue weighted by molar-refractivity contribution is -0.870. The summed E-state index contributed by atoms with van der Waals surface area (Å²) in [5.41, 5.74) is 0. The van der Waals surface area contributed by atoms with E-state index < -0.39 is 26.0 Å². The molecule has 0 aliphatic heterocycles. The summed E-state index contributed by atoms with van der Waals surface area (Å²) < 4.78 is 34.6. The van der Waals surface area contributed by atoms with Gasteiger partial charge >= 0.3 is 13.8 Å². The highest BCUT2D eigenvalue weighted by atomic mass is 31.2. The number of carbonyl (C=O) groups is 1. The second-order valence-electron chi connectivity index (χ2n) is 16.0. The van der Waals surface area contributed by atoms with Gasteiger partial charge in [0.1, 0.15) is 19.8 Å². The van der Waals surface area contributed by atoms with E-state index in [1.54, 1.807) is 12.3 Å². The molecule has 0 aromatic heterocycles. The minimum absolute atomic E-state index is 0.00216. The number of phosphoric acid groups is 1. The molecule has 2 N–H and O–H groups in total. The minimum Gasteiger partial charge on any atom is -0.498 e. The van der Waals surface area contributed by atoms with Gasteiger partial charge in [0, 0.05) is 6.42 Å². The van der Waals surface area contributed by atoms with E-state index in [0.717, 1.165) is 25.7 Å². The summed E-state index contributed by atoms with van der Waals surface area (Å²) in [6, 6.07) is 0. The molecule has 56 heavy (non-hydrogen) atoms. The number of aliphatic hydroxyl groups is 1. The van der Waals surface area contributed by atoms with E-state index in [1.165, 1.54) is 103 Å². The molecule has 326 valence electrons. The van der Waals surface area contributed by atoms with Crippen LogP contribution in [0.15, 0.2) is 60.9 Å². The zero-order valence-electron chi connectivity index (χ0n) is 36.5. The largest absolute Gasteiger partial charge is 0.498 e. The fraction of sp³-hybridized carbons (Fsp3) is 0.761. The number of nitrogens with zero attached hydrogens (tertiary/aromatic N) is 1. The van der Waals surface area contributed by atoms with Crippen LogP contribution in [0.1, 0.15) is 168 Å². The number of aliphatic hydroxyl groups excluding tert-OH is 1. The van der Waals surface area contributed by atoms with Crippen LogP contribution >= 0.6 is 7.82 Å². The second-order valence-corrected chi connectivity index (χ2v) is 17.4. The highest BCUT2D eigenvalue weighted by Crippen LogP contribution is 2.43. The summed E-state index contributed by atoms with van der Waals surface area (Å²) in [6.45, 7) is 4.73. The van der Waals surface area contributed by atoms with Gasteiger partial charge in [-0.25, -0.2) is 4.57 Å². The molecule has 0 rings (SSSR count). The van der Waals surface area contributed by atoms with E-state index in [4.69, 9.17) is 18.5 Å². The molecule has 0 heterocycles. The third kappa shape index (κ3) is 41.6. The molecule has 10 heteroatoms.